The Hall–Kier alpha value is -0.340. The van der Waals surface area contributed by atoms with E-state index in [9.17, 15) is 0 Å². The smallest absolute Gasteiger partial charge is 0.00833 e. The van der Waals surface area contributed by atoms with Crippen LogP contribution in [0.2, 0.25) is 0 Å². The molecule has 0 aromatic carbocycles. The highest BCUT2D eigenvalue weighted by molar-refractivity contribution is 7.10. The van der Waals surface area contributed by atoms with E-state index in [1.807, 2.05) is 11.3 Å². The van der Waals surface area contributed by atoms with Crippen LogP contribution in [0.5, 0.6) is 0 Å². The quantitative estimate of drug-likeness (QED) is 0.837. The molecular weight excluding hydrogens is 202 g/mol. The molecule has 0 saturated heterocycles. The van der Waals surface area contributed by atoms with Gasteiger partial charge in [0, 0.05) is 4.88 Å². The van der Waals surface area contributed by atoms with Gasteiger partial charge in [-0.05, 0) is 60.6 Å². The number of rotatable bonds is 3. The van der Waals surface area contributed by atoms with Gasteiger partial charge in [0.25, 0.3) is 0 Å². The number of thiophene rings is 1. The first-order chi connectivity index (χ1) is 7.20. The molecule has 1 atom stereocenters. The fourth-order valence-electron chi connectivity index (χ4n) is 2.46. The van der Waals surface area contributed by atoms with Crippen molar-refractivity contribution < 1.29 is 0 Å². The van der Waals surface area contributed by atoms with Crippen LogP contribution in [0.1, 0.15) is 36.3 Å². The van der Waals surface area contributed by atoms with Crippen LogP contribution >= 0.6 is 11.3 Å². The van der Waals surface area contributed by atoms with Crippen LogP contribution in [0.15, 0.2) is 5.38 Å². The lowest BCUT2D eigenvalue weighted by atomic mass is 9.86. The zero-order chi connectivity index (χ0) is 10.8. The Balaban J connectivity index is 2.15. The van der Waals surface area contributed by atoms with Crippen LogP contribution in [0.25, 0.3) is 0 Å². The molecule has 15 heavy (non-hydrogen) atoms. The molecule has 0 saturated carbocycles. The maximum absolute atomic E-state index is 5.75. The molecule has 2 rings (SSSR count). The van der Waals surface area contributed by atoms with Gasteiger partial charge in [0.05, 0.1) is 0 Å². The molecule has 1 heterocycles. The molecule has 0 radical (unpaired) electrons. The summed E-state index contributed by atoms with van der Waals surface area (Å²) in [5.74, 6) is 1.51. The predicted octanol–water partition coefficient (Wildman–Crippen LogP) is 3.01. The largest absolute Gasteiger partial charge is 0.330 e. The summed E-state index contributed by atoms with van der Waals surface area (Å²) in [5.41, 5.74) is 9.03. The third-order valence-electron chi connectivity index (χ3n) is 3.31. The summed E-state index contributed by atoms with van der Waals surface area (Å²) in [7, 11) is 0. The zero-order valence-corrected chi connectivity index (χ0v) is 10.6. The van der Waals surface area contributed by atoms with E-state index in [0.29, 0.717) is 0 Å². The average molecular weight is 223 g/mol. The van der Waals surface area contributed by atoms with Crippen molar-refractivity contribution in [3.05, 3.63) is 21.4 Å². The van der Waals surface area contributed by atoms with Gasteiger partial charge >= 0.3 is 0 Å². The van der Waals surface area contributed by atoms with Crippen LogP contribution in [0.4, 0.5) is 0 Å². The van der Waals surface area contributed by atoms with Gasteiger partial charge in [-0.15, -0.1) is 11.3 Å². The Labute approximate surface area is 96.7 Å². The van der Waals surface area contributed by atoms with Gasteiger partial charge in [-0.25, -0.2) is 0 Å². The normalized spacial score (nSPS) is 20.7. The van der Waals surface area contributed by atoms with Gasteiger partial charge in [0.15, 0.2) is 0 Å². The maximum Gasteiger partial charge on any atom is 0.00833 e. The highest BCUT2D eigenvalue weighted by Gasteiger charge is 2.21. The van der Waals surface area contributed by atoms with Crippen molar-refractivity contribution in [1.29, 1.82) is 0 Å². The lowest BCUT2D eigenvalue weighted by Gasteiger charge is -2.21. The minimum atomic E-state index is 0.739. The Morgan fingerprint density at radius 3 is 3.00 bits per heavy atom. The summed E-state index contributed by atoms with van der Waals surface area (Å²) in [6.07, 6.45) is 5.04. The van der Waals surface area contributed by atoms with E-state index in [4.69, 9.17) is 5.73 Å². The molecule has 1 aromatic rings. The van der Waals surface area contributed by atoms with E-state index in [1.165, 1.54) is 25.7 Å². The molecular formula is C13H21NS. The zero-order valence-electron chi connectivity index (χ0n) is 9.75. The first kappa shape index (κ1) is 11.2. The lowest BCUT2D eigenvalue weighted by molar-refractivity contribution is 0.472. The molecule has 0 spiro atoms. The minimum Gasteiger partial charge on any atom is -0.330 e. The summed E-state index contributed by atoms with van der Waals surface area (Å²) in [6, 6.07) is 0. The number of hydrogen-bond acceptors (Lipinski definition) is 2. The average Bonchev–Trinajstić information content (AvgIpc) is 2.60. The molecule has 84 valence electrons. The summed E-state index contributed by atoms with van der Waals surface area (Å²) < 4.78 is 0. The molecule has 1 aromatic heterocycles. The Kier molecular flexibility index (Phi) is 3.47. The van der Waals surface area contributed by atoms with Gasteiger partial charge in [0.2, 0.25) is 0 Å². The van der Waals surface area contributed by atoms with Crippen molar-refractivity contribution in [2.75, 3.05) is 6.54 Å². The predicted molar refractivity (Wildman–Crippen MR) is 67.4 cm³/mol. The second kappa shape index (κ2) is 4.67. The third kappa shape index (κ3) is 2.43. The summed E-state index contributed by atoms with van der Waals surface area (Å²) in [5, 5.41) is 2.38. The van der Waals surface area contributed by atoms with Crippen LogP contribution in [-0.2, 0) is 19.3 Å². The number of hydrogen-bond donors (Lipinski definition) is 1. The maximum atomic E-state index is 5.75. The molecule has 0 amide bonds. The molecule has 0 bridgehead atoms. The number of nitrogens with two attached hydrogens (primary N) is 1. The van der Waals surface area contributed by atoms with Crippen molar-refractivity contribution in [2.45, 2.75) is 39.5 Å². The van der Waals surface area contributed by atoms with E-state index < -0.39 is 0 Å². The van der Waals surface area contributed by atoms with E-state index in [0.717, 1.165) is 18.4 Å². The topological polar surface area (TPSA) is 26.0 Å². The Bertz CT molecular complexity index is 327. The van der Waals surface area contributed by atoms with Crippen LogP contribution in [-0.4, -0.2) is 6.54 Å². The summed E-state index contributed by atoms with van der Waals surface area (Å²) >= 11 is 1.96. The van der Waals surface area contributed by atoms with Crippen LogP contribution in [0.3, 0.4) is 0 Å². The number of fused-ring (bicyclic) bond motifs is 1. The molecule has 1 aliphatic rings. The monoisotopic (exact) mass is 223 g/mol. The Morgan fingerprint density at radius 1 is 1.53 bits per heavy atom. The highest BCUT2D eigenvalue weighted by Crippen LogP contribution is 2.33. The minimum absolute atomic E-state index is 0.739. The van der Waals surface area contributed by atoms with E-state index in [2.05, 4.69) is 19.2 Å². The van der Waals surface area contributed by atoms with Crippen LogP contribution in [0, 0.1) is 11.8 Å². The van der Waals surface area contributed by atoms with E-state index >= 15 is 0 Å². The third-order valence-corrected chi connectivity index (χ3v) is 4.41. The van der Waals surface area contributed by atoms with Crippen molar-refractivity contribution in [3.8, 4) is 0 Å². The molecule has 0 aliphatic heterocycles. The van der Waals surface area contributed by atoms with Gasteiger partial charge in [-0.3, -0.25) is 0 Å². The molecule has 1 aliphatic carbocycles. The lowest BCUT2D eigenvalue weighted by Crippen LogP contribution is -2.21. The van der Waals surface area contributed by atoms with E-state index in [-0.39, 0.29) is 0 Å². The second-order valence-corrected chi connectivity index (χ2v) is 6.07. The second-order valence-electron chi connectivity index (χ2n) is 5.11. The molecule has 1 nitrogen and oxygen atoms in total. The van der Waals surface area contributed by atoms with E-state index in [1.54, 1.807) is 16.0 Å². The van der Waals surface area contributed by atoms with Crippen LogP contribution < -0.4 is 5.73 Å². The standard InChI is InChI=1S/C13H21NS/c1-9(2)5-11-8-15-13-6-10(7-14)3-4-12(11)13/h8-10H,3-7,14H2,1-2H3. The first-order valence-corrected chi connectivity index (χ1v) is 6.86. The van der Waals surface area contributed by atoms with Crippen molar-refractivity contribution in [3.63, 3.8) is 0 Å². The summed E-state index contributed by atoms with van der Waals surface area (Å²) in [6.45, 7) is 5.46. The van der Waals surface area contributed by atoms with Crippen molar-refractivity contribution in [2.24, 2.45) is 17.6 Å². The highest BCUT2D eigenvalue weighted by atomic mass is 32.1. The van der Waals surface area contributed by atoms with Crippen molar-refractivity contribution >= 4 is 11.3 Å². The molecule has 0 fully saturated rings. The molecule has 2 N–H and O–H groups in total. The molecule has 1 unspecified atom stereocenters. The summed E-state index contributed by atoms with van der Waals surface area (Å²) in [4.78, 5) is 1.62. The fraction of sp³-hybridized carbons (Fsp3) is 0.692. The van der Waals surface area contributed by atoms with Gasteiger partial charge in [0.1, 0.15) is 0 Å². The Morgan fingerprint density at radius 2 is 2.33 bits per heavy atom. The fourth-order valence-corrected chi connectivity index (χ4v) is 3.69. The van der Waals surface area contributed by atoms with Gasteiger partial charge < -0.3 is 5.73 Å². The SMILES string of the molecule is CC(C)Cc1csc2c1CCC(CN)C2. The molecule has 2 heteroatoms. The first-order valence-electron chi connectivity index (χ1n) is 5.99. The van der Waals surface area contributed by atoms with Gasteiger partial charge in [-0.1, -0.05) is 13.8 Å². The van der Waals surface area contributed by atoms with Gasteiger partial charge in [-0.2, -0.15) is 0 Å². The van der Waals surface area contributed by atoms with Crippen molar-refractivity contribution in [1.82, 2.24) is 0 Å².